The summed E-state index contributed by atoms with van der Waals surface area (Å²) in [7, 11) is -1.92. The van der Waals surface area contributed by atoms with Gasteiger partial charge in [-0.15, -0.1) is 0 Å². The fourth-order valence-electron chi connectivity index (χ4n) is 2.57. The molecule has 0 aromatic heterocycles. The maximum absolute atomic E-state index is 12.7. The molecule has 0 unspecified atom stereocenters. The van der Waals surface area contributed by atoms with Gasteiger partial charge in [0.25, 0.3) is 0 Å². The van der Waals surface area contributed by atoms with Gasteiger partial charge in [0.05, 0.1) is 17.7 Å². The number of nitrogens with zero attached hydrogens (tertiary/aromatic N) is 1. The Morgan fingerprint density at radius 3 is 2.67 bits per heavy atom. The van der Waals surface area contributed by atoms with Crippen LogP contribution in [-0.4, -0.2) is 44.6 Å². The van der Waals surface area contributed by atoms with Gasteiger partial charge in [-0.05, 0) is 49.7 Å². The van der Waals surface area contributed by atoms with Gasteiger partial charge < -0.3 is 15.4 Å². The summed E-state index contributed by atoms with van der Waals surface area (Å²) in [5, 5.41) is 6.59. The molecule has 2 N–H and O–H groups in total. The Balaban J connectivity index is 2.19. The van der Waals surface area contributed by atoms with Crippen LogP contribution in [0.5, 0.6) is 5.75 Å². The lowest BCUT2D eigenvalue weighted by Gasteiger charge is -2.18. The molecule has 0 spiro atoms. The summed E-state index contributed by atoms with van der Waals surface area (Å²) in [5.41, 5.74) is 0.548. The summed E-state index contributed by atoms with van der Waals surface area (Å²) in [5.74, 6) is 0.551. The zero-order valence-corrected chi connectivity index (χ0v) is 15.8. The first-order valence-electron chi connectivity index (χ1n) is 8.22. The number of benzene rings is 1. The van der Waals surface area contributed by atoms with Crippen LogP contribution in [0.3, 0.4) is 0 Å². The van der Waals surface area contributed by atoms with Gasteiger partial charge >= 0.3 is 0 Å². The summed E-state index contributed by atoms with van der Waals surface area (Å²) in [6, 6.07) is 4.81. The van der Waals surface area contributed by atoms with Crippen molar-refractivity contribution in [2.75, 3.05) is 32.1 Å². The van der Waals surface area contributed by atoms with E-state index in [2.05, 4.69) is 17.6 Å². The average Bonchev–Trinajstić information content (AvgIpc) is 3.10. The molecule has 1 aliphatic heterocycles. The summed E-state index contributed by atoms with van der Waals surface area (Å²) in [6.07, 6.45) is 3.91. The Labute approximate surface area is 149 Å². The smallest absolute Gasteiger partial charge is 0.243 e. The molecule has 1 aromatic carbocycles. The molecule has 134 valence electrons. The molecule has 1 heterocycles. The van der Waals surface area contributed by atoms with Crippen LogP contribution in [0.2, 0.25) is 0 Å². The minimum atomic E-state index is -3.47. The lowest BCUT2D eigenvalue weighted by atomic mass is 10.3. The molecule has 1 aliphatic rings. The van der Waals surface area contributed by atoms with E-state index in [1.54, 1.807) is 25.3 Å². The molecule has 1 fully saturated rings. The monoisotopic (exact) mass is 371 g/mol. The maximum atomic E-state index is 12.7. The third kappa shape index (κ3) is 4.58. The Kier molecular flexibility index (Phi) is 6.82. The first kappa shape index (κ1) is 19.0. The topological polar surface area (TPSA) is 70.7 Å². The van der Waals surface area contributed by atoms with Crippen LogP contribution >= 0.6 is 12.2 Å². The molecular weight excluding hydrogens is 346 g/mol. The molecule has 0 bridgehead atoms. The Morgan fingerprint density at radius 2 is 2.04 bits per heavy atom. The second kappa shape index (κ2) is 8.64. The number of ether oxygens (including phenoxy) is 1. The number of sulfonamides is 1. The molecule has 0 atom stereocenters. The van der Waals surface area contributed by atoms with Crippen LogP contribution in [0, 0.1) is 0 Å². The van der Waals surface area contributed by atoms with Crippen LogP contribution in [-0.2, 0) is 10.0 Å². The summed E-state index contributed by atoms with van der Waals surface area (Å²) in [6.45, 7) is 4.03. The van der Waals surface area contributed by atoms with Crippen molar-refractivity contribution < 1.29 is 13.2 Å². The average molecular weight is 372 g/mol. The Morgan fingerprint density at radius 1 is 1.33 bits per heavy atom. The van der Waals surface area contributed by atoms with E-state index in [0.29, 0.717) is 29.6 Å². The highest BCUT2D eigenvalue weighted by atomic mass is 32.2. The number of anilines is 1. The molecule has 8 heteroatoms. The standard InChI is InChI=1S/C16H25N3O3S2/c1-3-4-9-17-16(23)18-14-12-13(7-8-15(14)22-2)24(20,21)19-10-5-6-11-19/h7-8,12H,3-6,9-11H2,1-2H3,(H2,17,18,23). The molecule has 1 aromatic rings. The molecule has 6 nitrogen and oxygen atoms in total. The molecule has 1 saturated heterocycles. The van der Waals surface area contributed by atoms with E-state index in [-0.39, 0.29) is 4.90 Å². The Hall–Kier alpha value is -1.38. The van der Waals surface area contributed by atoms with E-state index < -0.39 is 10.0 Å². The third-order valence-corrected chi connectivity index (χ3v) is 6.08. The van der Waals surface area contributed by atoms with Gasteiger partial charge in [0.2, 0.25) is 10.0 Å². The van der Waals surface area contributed by atoms with Crippen molar-refractivity contribution >= 4 is 33.0 Å². The van der Waals surface area contributed by atoms with Crippen molar-refractivity contribution in [2.24, 2.45) is 0 Å². The molecule has 0 radical (unpaired) electrons. The fourth-order valence-corrected chi connectivity index (χ4v) is 4.32. The summed E-state index contributed by atoms with van der Waals surface area (Å²) >= 11 is 5.26. The summed E-state index contributed by atoms with van der Waals surface area (Å²) < 4.78 is 32.2. The van der Waals surface area contributed by atoms with Crippen LogP contribution < -0.4 is 15.4 Å². The van der Waals surface area contributed by atoms with Crippen molar-refractivity contribution in [1.82, 2.24) is 9.62 Å². The first-order chi connectivity index (χ1) is 11.5. The molecule has 0 aliphatic carbocycles. The van der Waals surface area contributed by atoms with Crippen molar-refractivity contribution in [3.05, 3.63) is 18.2 Å². The van der Waals surface area contributed by atoms with Gasteiger partial charge in [0.1, 0.15) is 5.75 Å². The van der Waals surface area contributed by atoms with Crippen LogP contribution in [0.4, 0.5) is 5.69 Å². The number of unbranched alkanes of at least 4 members (excludes halogenated alkanes) is 1. The van der Waals surface area contributed by atoms with Gasteiger partial charge in [-0.3, -0.25) is 0 Å². The van der Waals surface area contributed by atoms with Gasteiger partial charge in [-0.2, -0.15) is 4.31 Å². The van der Waals surface area contributed by atoms with Crippen LogP contribution in [0.25, 0.3) is 0 Å². The van der Waals surface area contributed by atoms with Gasteiger partial charge in [0, 0.05) is 19.6 Å². The molecule has 2 rings (SSSR count). The Bertz CT molecular complexity index is 671. The normalized spacial score (nSPS) is 15.2. The van der Waals surface area contributed by atoms with Crippen molar-refractivity contribution in [3.63, 3.8) is 0 Å². The quantitative estimate of drug-likeness (QED) is 0.567. The number of thiocarbonyl (C=S) groups is 1. The largest absolute Gasteiger partial charge is 0.495 e. The number of methoxy groups -OCH3 is 1. The van der Waals surface area contributed by atoms with E-state index in [1.165, 1.54) is 4.31 Å². The van der Waals surface area contributed by atoms with Crippen molar-refractivity contribution in [1.29, 1.82) is 0 Å². The highest BCUT2D eigenvalue weighted by molar-refractivity contribution is 7.89. The lowest BCUT2D eigenvalue weighted by Crippen LogP contribution is -2.30. The predicted molar refractivity (Wildman–Crippen MR) is 100 cm³/mol. The van der Waals surface area contributed by atoms with Crippen LogP contribution in [0.1, 0.15) is 32.6 Å². The van der Waals surface area contributed by atoms with E-state index in [1.807, 2.05) is 0 Å². The zero-order valence-electron chi connectivity index (χ0n) is 14.2. The van der Waals surface area contributed by atoms with E-state index >= 15 is 0 Å². The lowest BCUT2D eigenvalue weighted by molar-refractivity contribution is 0.416. The minimum absolute atomic E-state index is 0.254. The fraction of sp³-hybridized carbons (Fsp3) is 0.562. The molecule has 0 amide bonds. The molecule has 24 heavy (non-hydrogen) atoms. The number of hydrogen-bond acceptors (Lipinski definition) is 4. The van der Waals surface area contributed by atoms with Crippen molar-refractivity contribution in [2.45, 2.75) is 37.5 Å². The van der Waals surface area contributed by atoms with Gasteiger partial charge in [-0.25, -0.2) is 8.42 Å². The van der Waals surface area contributed by atoms with E-state index in [4.69, 9.17) is 17.0 Å². The minimum Gasteiger partial charge on any atom is -0.495 e. The summed E-state index contributed by atoms with van der Waals surface area (Å²) in [4.78, 5) is 0.254. The third-order valence-electron chi connectivity index (χ3n) is 3.94. The van der Waals surface area contributed by atoms with Crippen molar-refractivity contribution in [3.8, 4) is 5.75 Å². The number of nitrogens with one attached hydrogen (secondary N) is 2. The van der Waals surface area contributed by atoms with Gasteiger partial charge in [-0.1, -0.05) is 13.3 Å². The van der Waals surface area contributed by atoms with E-state index in [9.17, 15) is 8.42 Å². The van der Waals surface area contributed by atoms with Crippen LogP contribution in [0.15, 0.2) is 23.1 Å². The maximum Gasteiger partial charge on any atom is 0.243 e. The highest BCUT2D eigenvalue weighted by Gasteiger charge is 2.27. The second-order valence-electron chi connectivity index (χ2n) is 5.71. The molecular formula is C16H25N3O3S2. The highest BCUT2D eigenvalue weighted by Crippen LogP contribution is 2.30. The first-order valence-corrected chi connectivity index (χ1v) is 10.1. The second-order valence-corrected chi connectivity index (χ2v) is 8.05. The predicted octanol–water partition coefficient (Wildman–Crippen LogP) is 2.57. The van der Waals surface area contributed by atoms with E-state index in [0.717, 1.165) is 32.2 Å². The zero-order chi connectivity index (χ0) is 17.6. The number of rotatable bonds is 7. The molecule has 0 saturated carbocycles. The van der Waals surface area contributed by atoms with Gasteiger partial charge in [0.15, 0.2) is 5.11 Å². The number of hydrogen-bond donors (Lipinski definition) is 2. The SMILES string of the molecule is CCCCNC(=S)Nc1cc(S(=O)(=O)N2CCCC2)ccc1OC.